The second-order valence-corrected chi connectivity index (χ2v) is 10.6. The molecule has 0 radical (unpaired) electrons. The van der Waals surface area contributed by atoms with E-state index in [1.807, 2.05) is 32.1 Å². The number of allylic oxidation sites excluding steroid dienone is 3. The third-order valence-corrected chi connectivity index (χ3v) is 7.74. The minimum Gasteiger partial charge on any atom is -0.459 e. The van der Waals surface area contributed by atoms with Crippen molar-refractivity contribution in [1.29, 1.82) is 0 Å². The normalized spacial score (nSPS) is 20.3. The van der Waals surface area contributed by atoms with Crippen molar-refractivity contribution in [3.63, 3.8) is 0 Å². The molecule has 170 valence electrons. The first-order valence-electron chi connectivity index (χ1n) is 10.6. The van der Waals surface area contributed by atoms with Crippen LogP contribution in [-0.4, -0.2) is 86.7 Å². The number of rotatable bonds is 7. The van der Waals surface area contributed by atoms with Gasteiger partial charge in [0.05, 0.1) is 6.10 Å². The lowest BCUT2D eigenvalue weighted by Crippen LogP contribution is -2.49. The maximum atomic E-state index is 12.7. The lowest BCUT2D eigenvalue weighted by Gasteiger charge is -2.37. The summed E-state index contributed by atoms with van der Waals surface area (Å²) >= 11 is 0. The Morgan fingerprint density at radius 3 is 2.61 bits per heavy atom. The van der Waals surface area contributed by atoms with Crippen molar-refractivity contribution < 1.29 is 17.9 Å². The molecule has 0 amide bonds. The van der Waals surface area contributed by atoms with Crippen molar-refractivity contribution in [2.24, 2.45) is 0 Å². The first-order valence-corrected chi connectivity index (χ1v) is 12.1. The van der Waals surface area contributed by atoms with Gasteiger partial charge >= 0.3 is 5.97 Å². The van der Waals surface area contributed by atoms with Crippen LogP contribution in [0, 0.1) is 0 Å². The summed E-state index contributed by atoms with van der Waals surface area (Å²) in [6.45, 7) is 7.17. The molecule has 1 atom stereocenters. The van der Waals surface area contributed by atoms with Gasteiger partial charge in [-0.2, -0.15) is 0 Å². The van der Waals surface area contributed by atoms with E-state index in [-0.39, 0.29) is 12.1 Å². The maximum Gasteiger partial charge on any atom is 0.342 e. The topological polar surface area (TPSA) is 83.0 Å². The minimum atomic E-state index is -3.36. The first-order chi connectivity index (χ1) is 14.7. The van der Waals surface area contributed by atoms with Gasteiger partial charge in [-0.05, 0) is 38.0 Å². The van der Waals surface area contributed by atoms with E-state index in [2.05, 4.69) is 14.8 Å². The highest BCUT2D eigenvalue weighted by atomic mass is 32.2. The lowest BCUT2D eigenvalue weighted by atomic mass is 10.0. The number of hydrogen-bond donors (Lipinski definition) is 0. The fourth-order valence-corrected chi connectivity index (χ4v) is 5.24. The second-order valence-electron chi connectivity index (χ2n) is 8.31. The highest BCUT2D eigenvalue weighted by molar-refractivity contribution is 7.89. The SMILES string of the molecule is CC(C)OC(=O)c1cccnc1N1CCN(CC2=CC=CCC2S(=O)(=O)N(C)C)CC1. The van der Waals surface area contributed by atoms with E-state index in [9.17, 15) is 13.2 Å². The molecule has 0 N–H and O–H groups in total. The summed E-state index contributed by atoms with van der Waals surface area (Å²) in [6.07, 6.45) is 7.77. The predicted molar refractivity (Wildman–Crippen MR) is 122 cm³/mol. The van der Waals surface area contributed by atoms with E-state index < -0.39 is 15.3 Å². The summed E-state index contributed by atoms with van der Waals surface area (Å²) < 4.78 is 32.1. The van der Waals surface area contributed by atoms with Gasteiger partial charge < -0.3 is 9.64 Å². The Bertz CT molecular complexity index is 948. The summed E-state index contributed by atoms with van der Waals surface area (Å²) in [5.41, 5.74) is 1.39. The van der Waals surface area contributed by atoms with Crippen molar-refractivity contribution in [2.75, 3.05) is 51.7 Å². The minimum absolute atomic E-state index is 0.193. The van der Waals surface area contributed by atoms with Crippen molar-refractivity contribution in [2.45, 2.75) is 31.6 Å². The van der Waals surface area contributed by atoms with E-state index >= 15 is 0 Å². The van der Waals surface area contributed by atoms with Gasteiger partial charge in [-0.25, -0.2) is 22.5 Å². The number of nitrogens with zero attached hydrogens (tertiary/aromatic N) is 4. The Balaban J connectivity index is 1.66. The summed E-state index contributed by atoms with van der Waals surface area (Å²) in [6, 6.07) is 3.49. The van der Waals surface area contributed by atoms with Crippen LogP contribution in [0.15, 0.2) is 42.1 Å². The summed E-state index contributed by atoms with van der Waals surface area (Å²) in [7, 11) is -0.199. The number of aromatic nitrogens is 1. The molecule has 0 saturated carbocycles. The molecule has 31 heavy (non-hydrogen) atoms. The van der Waals surface area contributed by atoms with Gasteiger partial charge in [-0.15, -0.1) is 0 Å². The van der Waals surface area contributed by atoms with E-state index in [0.29, 0.717) is 37.4 Å². The predicted octanol–water partition coefficient (Wildman–Crippen LogP) is 1.92. The van der Waals surface area contributed by atoms with Crippen LogP contribution in [0.2, 0.25) is 0 Å². The fraction of sp³-hybridized carbons (Fsp3) is 0.545. The highest BCUT2D eigenvalue weighted by Crippen LogP contribution is 2.25. The Morgan fingerprint density at radius 1 is 1.26 bits per heavy atom. The molecule has 1 aliphatic heterocycles. The number of carbonyl (C=O) groups excluding carboxylic acids is 1. The third kappa shape index (κ3) is 5.53. The Morgan fingerprint density at radius 2 is 1.97 bits per heavy atom. The van der Waals surface area contributed by atoms with Crippen molar-refractivity contribution in [3.8, 4) is 0 Å². The fourth-order valence-electron chi connectivity index (χ4n) is 3.84. The quantitative estimate of drug-likeness (QED) is 0.589. The summed E-state index contributed by atoms with van der Waals surface area (Å²) in [4.78, 5) is 21.2. The van der Waals surface area contributed by atoms with Crippen LogP contribution < -0.4 is 4.90 Å². The van der Waals surface area contributed by atoms with Crippen molar-refractivity contribution in [3.05, 3.63) is 47.7 Å². The smallest absolute Gasteiger partial charge is 0.342 e. The molecule has 9 heteroatoms. The number of pyridine rings is 1. The molecule has 1 aliphatic carbocycles. The molecule has 1 unspecified atom stereocenters. The zero-order valence-corrected chi connectivity index (χ0v) is 19.5. The van der Waals surface area contributed by atoms with Crippen LogP contribution in [0.25, 0.3) is 0 Å². The Labute approximate surface area is 185 Å². The average Bonchev–Trinajstić information content (AvgIpc) is 2.74. The molecule has 2 aliphatic rings. The van der Waals surface area contributed by atoms with E-state index in [1.165, 1.54) is 4.31 Å². The third-order valence-electron chi connectivity index (χ3n) is 5.51. The second kappa shape index (κ2) is 9.93. The van der Waals surface area contributed by atoms with Gasteiger partial charge in [0, 0.05) is 53.0 Å². The molecule has 0 aromatic carbocycles. The van der Waals surface area contributed by atoms with Crippen LogP contribution in [-0.2, 0) is 14.8 Å². The van der Waals surface area contributed by atoms with Gasteiger partial charge in [-0.3, -0.25) is 4.90 Å². The molecule has 0 spiro atoms. The van der Waals surface area contributed by atoms with Gasteiger partial charge in [0.1, 0.15) is 16.6 Å². The zero-order chi connectivity index (χ0) is 22.6. The molecule has 1 saturated heterocycles. The number of hydrogen-bond acceptors (Lipinski definition) is 7. The molecule has 0 bridgehead atoms. The molecular weight excluding hydrogens is 416 g/mol. The molecule has 3 rings (SSSR count). The van der Waals surface area contributed by atoms with Crippen molar-refractivity contribution in [1.82, 2.24) is 14.2 Å². The van der Waals surface area contributed by atoms with Crippen LogP contribution in [0.4, 0.5) is 5.82 Å². The zero-order valence-electron chi connectivity index (χ0n) is 18.7. The Hall–Kier alpha value is -2.23. The Kier molecular flexibility index (Phi) is 7.51. The summed E-state index contributed by atoms with van der Waals surface area (Å²) in [5, 5.41) is -0.515. The maximum absolute atomic E-state index is 12.7. The van der Waals surface area contributed by atoms with Crippen LogP contribution in [0.1, 0.15) is 30.6 Å². The number of sulfonamides is 1. The van der Waals surface area contributed by atoms with Gasteiger partial charge in [0.2, 0.25) is 10.0 Å². The number of piperazine rings is 1. The molecule has 8 nitrogen and oxygen atoms in total. The average molecular weight is 449 g/mol. The van der Waals surface area contributed by atoms with Crippen molar-refractivity contribution >= 4 is 21.8 Å². The van der Waals surface area contributed by atoms with E-state index in [4.69, 9.17) is 4.74 Å². The van der Waals surface area contributed by atoms with Gasteiger partial charge in [-0.1, -0.05) is 18.2 Å². The monoisotopic (exact) mass is 448 g/mol. The molecule has 1 aromatic rings. The van der Waals surface area contributed by atoms with Crippen LogP contribution in [0.3, 0.4) is 0 Å². The number of esters is 1. The van der Waals surface area contributed by atoms with Gasteiger partial charge in [0.15, 0.2) is 0 Å². The lowest BCUT2D eigenvalue weighted by molar-refractivity contribution is 0.0378. The standard InChI is InChI=1S/C22H32N4O4S/c1-17(2)30-22(27)19-9-7-11-23-21(19)26-14-12-25(13-15-26)16-18-8-5-6-10-20(18)31(28,29)24(3)4/h5-9,11,17,20H,10,12-16H2,1-4H3. The van der Waals surface area contributed by atoms with Gasteiger partial charge in [0.25, 0.3) is 0 Å². The summed E-state index contributed by atoms with van der Waals surface area (Å²) in [5.74, 6) is 0.275. The van der Waals surface area contributed by atoms with Crippen LogP contribution in [0.5, 0.6) is 0 Å². The van der Waals surface area contributed by atoms with E-state index in [1.54, 1.807) is 32.4 Å². The molecule has 2 heterocycles. The van der Waals surface area contributed by atoms with Crippen LogP contribution >= 0.6 is 0 Å². The number of ether oxygens (including phenoxy) is 1. The molecule has 1 fully saturated rings. The number of anilines is 1. The largest absolute Gasteiger partial charge is 0.459 e. The first kappa shape index (κ1) is 23.4. The molecular formula is C22H32N4O4S. The van der Waals surface area contributed by atoms with E-state index in [0.717, 1.165) is 18.7 Å². The highest BCUT2D eigenvalue weighted by Gasteiger charge is 2.32. The molecule has 1 aromatic heterocycles. The number of carbonyl (C=O) groups is 1.